The minimum Gasteiger partial charge on any atom is -0.493 e. The molecule has 0 radical (unpaired) electrons. The Morgan fingerprint density at radius 1 is 1.10 bits per heavy atom. The molecule has 0 spiro atoms. The number of hydrogen-bond acceptors (Lipinski definition) is 2. The van der Waals surface area contributed by atoms with E-state index in [-0.39, 0.29) is 5.56 Å². The maximum absolute atomic E-state index is 13.1. The summed E-state index contributed by atoms with van der Waals surface area (Å²) in [6.07, 6.45) is -3.65. The Kier molecular flexibility index (Phi) is 3.37. The van der Waals surface area contributed by atoms with E-state index in [9.17, 15) is 13.2 Å². The molecule has 2 nitrogen and oxygen atoms in total. The first kappa shape index (κ1) is 13.9. The number of fused-ring (bicyclic) bond motifs is 1. The van der Waals surface area contributed by atoms with Crippen molar-refractivity contribution in [2.24, 2.45) is 5.73 Å². The van der Waals surface area contributed by atoms with Crippen molar-refractivity contribution in [2.45, 2.75) is 18.6 Å². The number of hydrogen-bond donors (Lipinski definition) is 1. The third-order valence-electron chi connectivity index (χ3n) is 3.67. The molecule has 5 heteroatoms. The normalized spacial score (nSPS) is 15.4. The van der Waals surface area contributed by atoms with Gasteiger partial charge >= 0.3 is 6.18 Å². The highest BCUT2D eigenvalue weighted by atomic mass is 19.4. The van der Waals surface area contributed by atoms with Crippen LogP contribution in [-0.2, 0) is 12.6 Å². The maximum Gasteiger partial charge on any atom is 0.416 e. The van der Waals surface area contributed by atoms with Gasteiger partial charge in [0.05, 0.1) is 18.2 Å². The van der Waals surface area contributed by atoms with E-state index in [1.165, 1.54) is 12.1 Å². The van der Waals surface area contributed by atoms with Crippen molar-refractivity contribution in [2.75, 3.05) is 6.61 Å². The van der Waals surface area contributed by atoms with Gasteiger partial charge in [-0.1, -0.05) is 30.3 Å². The molecular weight excluding hydrogens is 279 g/mol. The molecule has 1 unspecified atom stereocenters. The van der Waals surface area contributed by atoms with Crippen LogP contribution in [0.5, 0.6) is 5.75 Å². The molecular formula is C16H14F3NO. The number of ether oxygens (including phenoxy) is 1. The van der Waals surface area contributed by atoms with Crippen molar-refractivity contribution < 1.29 is 17.9 Å². The average molecular weight is 293 g/mol. The summed E-state index contributed by atoms with van der Waals surface area (Å²) in [6.45, 7) is 0.604. The summed E-state index contributed by atoms with van der Waals surface area (Å²) in [7, 11) is 0. The standard InChI is InChI=1S/C16H14F3NO/c17-16(18,19)13-4-2-1-3-12(13)15(20)11-5-6-14-10(9-11)7-8-21-14/h1-6,9,15H,7-8,20H2. The van der Waals surface area contributed by atoms with E-state index >= 15 is 0 Å². The molecule has 2 N–H and O–H groups in total. The molecule has 0 amide bonds. The molecule has 2 aromatic rings. The predicted molar refractivity (Wildman–Crippen MR) is 73.1 cm³/mol. The summed E-state index contributed by atoms with van der Waals surface area (Å²) in [6, 6.07) is 9.95. The molecule has 3 rings (SSSR count). The highest BCUT2D eigenvalue weighted by molar-refractivity contribution is 5.45. The van der Waals surface area contributed by atoms with Crippen molar-refractivity contribution in [3.05, 3.63) is 64.7 Å². The monoisotopic (exact) mass is 293 g/mol. The van der Waals surface area contributed by atoms with Crippen LogP contribution in [0.3, 0.4) is 0 Å². The third-order valence-corrected chi connectivity index (χ3v) is 3.67. The van der Waals surface area contributed by atoms with Crippen LogP contribution in [-0.4, -0.2) is 6.61 Å². The molecule has 110 valence electrons. The molecule has 21 heavy (non-hydrogen) atoms. The van der Waals surface area contributed by atoms with Crippen LogP contribution in [0.1, 0.15) is 28.3 Å². The van der Waals surface area contributed by atoms with Crippen LogP contribution in [0.4, 0.5) is 13.2 Å². The molecule has 0 bridgehead atoms. The van der Waals surface area contributed by atoms with Crippen molar-refractivity contribution in [3.8, 4) is 5.75 Å². The average Bonchev–Trinajstić information content (AvgIpc) is 2.93. The largest absolute Gasteiger partial charge is 0.493 e. The van der Waals surface area contributed by atoms with Crippen LogP contribution in [0.15, 0.2) is 42.5 Å². The zero-order chi connectivity index (χ0) is 15.0. The molecule has 0 aliphatic carbocycles. The second-order valence-corrected chi connectivity index (χ2v) is 5.03. The summed E-state index contributed by atoms with van der Waals surface area (Å²) in [4.78, 5) is 0. The molecule has 0 fully saturated rings. The van der Waals surface area contributed by atoms with Crippen molar-refractivity contribution in [1.29, 1.82) is 0 Å². The molecule has 2 aromatic carbocycles. The summed E-state index contributed by atoms with van der Waals surface area (Å²) in [5.74, 6) is 0.787. The van der Waals surface area contributed by atoms with E-state index in [0.717, 1.165) is 23.8 Å². The zero-order valence-electron chi connectivity index (χ0n) is 11.2. The lowest BCUT2D eigenvalue weighted by atomic mass is 9.93. The smallest absolute Gasteiger partial charge is 0.416 e. The van der Waals surface area contributed by atoms with Gasteiger partial charge in [0.25, 0.3) is 0 Å². The lowest BCUT2D eigenvalue weighted by Crippen LogP contribution is -2.18. The van der Waals surface area contributed by atoms with Gasteiger partial charge in [-0.15, -0.1) is 0 Å². The Hall–Kier alpha value is -2.01. The van der Waals surface area contributed by atoms with E-state index in [0.29, 0.717) is 12.2 Å². The second kappa shape index (κ2) is 5.07. The number of halogens is 3. The lowest BCUT2D eigenvalue weighted by Gasteiger charge is -2.19. The van der Waals surface area contributed by atoms with Crippen LogP contribution in [0.2, 0.25) is 0 Å². The Labute approximate surface area is 120 Å². The number of alkyl halides is 3. The molecule has 0 saturated carbocycles. The van der Waals surface area contributed by atoms with Gasteiger partial charge in [-0.25, -0.2) is 0 Å². The number of rotatable bonds is 2. The molecule has 1 atom stereocenters. The molecule has 0 aromatic heterocycles. The third kappa shape index (κ3) is 2.61. The number of benzene rings is 2. The summed E-state index contributed by atoms with van der Waals surface area (Å²) in [5, 5.41) is 0. The Morgan fingerprint density at radius 2 is 1.86 bits per heavy atom. The maximum atomic E-state index is 13.1. The Morgan fingerprint density at radius 3 is 2.62 bits per heavy atom. The number of nitrogens with two attached hydrogens (primary N) is 1. The zero-order valence-corrected chi connectivity index (χ0v) is 11.2. The van der Waals surface area contributed by atoms with Gasteiger partial charge in [0.2, 0.25) is 0 Å². The Bertz CT molecular complexity index is 667. The quantitative estimate of drug-likeness (QED) is 0.916. The molecule has 1 aliphatic heterocycles. The first-order valence-corrected chi connectivity index (χ1v) is 6.64. The minimum absolute atomic E-state index is 0.0869. The van der Waals surface area contributed by atoms with E-state index < -0.39 is 17.8 Å². The van der Waals surface area contributed by atoms with Gasteiger partial charge in [0.15, 0.2) is 0 Å². The molecule has 1 aliphatic rings. The van der Waals surface area contributed by atoms with Gasteiger partial charge in [-0.05, 0) is 28.8 Å². The van der Waals surface area contributed by atoms with Gasteiger partial charge in [-0.2, -0.15) is 13.2 Å². The SMILES string of the molecule is NC(c1ccc2c(c1)CCO2)c1ccccc1C(F)(F)F. The fraction of sp³-hybridized carbons (Fsp3) is 0.250. The van der Waals surface area contributed by atoms with Crippen LogP contribution >= 0.6 is 0 Å². The van der Waals surface area contributed by atoms with Crippen LogP contribution in [0, 0.1) is 0 Å². The fourth-order valence-electron chi connectivity index (χ4n) is 2.61. The summed E-state index contributed by atoms with van der Waals surface area (Å²) >= 11 is 0. The Balaban J connectivity index is 2.01. The first-order chi connectivity index (χ1) is 9.97. The van der Waals surface area contributed by atoms with Gasteiger partial charge in [0, 0.05) is 6.42 Å². The van der Waals surface area contributed by atoms with Crippen molar-refractivity contribution in [1.82, 2.24) is 0 Å². The van der Waals surface area contributed by atoms with Crippen molar-refractivity contribution >= 4 is 0 Å². The topological polar surface area (TPSA) is 35.2 Å². The van der Waals surface area contributed by atoms with Crippen LogP contribution < -0.4 is 10.5 Å². The lowest BCUT2D eigenvalue weighted by molar-refractivity contribution is -0.138. The second-order valence-electron chi connectivity index (χ2n) is 5.03. The first-order valence-electron chi connectivity index (χ1n) is 6.64. The summed E-state index contributed by atoms with van der Waals surface area (Å²) < 4.78 is 44.6. The molecule has 0 saturated heterocycles. The van der Waals surface area contributed by atoms with Crippen molar-refractivity contribution in [3.63, 3.8) is 0 Å². The van der Waals surface area contributed by atoms with Gasteiger partial charge in [-0.3, -0.25) is 0 Å². The van der Waals surface area contributed by atoms with Crippen LogP contribution in [0.25, 0.3) is 0 Å². The van der Waals surface area contributed by atoms with E-state index in [1.54, 1.807) is 18.2 Å². The van der Waals surface area contributed by atoms with Gasteiger partial charge < -0.3 is 10.5 Å². The highest BCUT2D eigenvalue weighted by Gasteiger charge is 2.34. The predicted octanol–water partition coefficient (Wildman–Crippen LogP) is 3.69. The van der Waals surface area contributed by atoms with E-state index in [4.69, 9.17) is 10.5 Å². The molecule has 1 heterocycles. The van der Waals surface area contributed by atoms with E-state index in [2.05, 4.69) is 0 Å². The van der Waals surface area contributed by atoms with E-state index in [1.807, 2.05) is 6.07 Å². The fourth-order valence-corrected chi connectivity index (χ4v) is 2.61. The van der Waals surface area contributed by atoms with Gasteiger partial charge in [0.1, 0.15) is 5.75 Å². The minimum atomic E-state index is -4.41. The highest BCUT2D eigenvalue weighted by Crippen LogP contribution is 2.36. The summed E-state index contributed by atoms with van der Waals surface area (Å²) in [5.41, 5.74) is 7.12.